The van der Waals surface area contributed by atoms with Crippen LogP contribution in [0.5, 0.6) is 17.2 Å². The van der Waals surface area contributed by atoms with Crippen LogP contribution in [0.25, 0.3) is 0 Å². The van der Waals surface area contributed by atoms with Crippen molar-refractivity contribution in [2.24, 2.45) is 5.92 Å². The molecule has 0 unspecified atom stereocenters. The highest BCUT2D eigenvalue weighted by molar-refractivity contribution is 6.42. The highest BCUT2D eigenvalue weighted by Crippen LogP contribution is 2.39. The molecule has 9 heteroatoms. The van der Waals surface area contributed by atoms with Gasteiger partial charge in [-0.3, -0.25) is 0 Å². The van der Waals surface area contributed by atoms with Gasteiger partial charge in [-0.25, -0.2) is 4.79 Å². The first-order chi connectivity index (χ1) is 16.3. The van der Waals surface area contributed by atoms with Crippen LogP contribution in [0.1, 0.15) is 18.4 Å². The summed E-state index contributed by atoms with van der Waals surface area (Å²) in [5, 5.41) is 7.02. The third-order valence-corrected chi connectivity index (χ3v) is 7.26. The standard InChI is InChI=1S/C25H33Cl2N3O4/c1-30(10-7-17(8-11-30)13-18-5-6-20(26)21(27)14-18)12-9-28-25(31)29-19-15-22(32-2)24(34-4)23(16-19)33-3/h5-6,14-17H,7-13H2,1-4H3,(H-,28,29,31)/p+1. The maximum atomic E-state index is 12.5. The number of nitrogens with zero attached hydrogens (tertiary/aromatic N) is 1. The van der Waals surface area contributed by atoms with Gasteiger partial charge in [-0.2, -0.15) is 0 Å². The fourth-order valence-corrected chi connectivity index (χ4v) is 4.76. The Bertz CT molecular complexity index is 969. The molecule has 7 nitrogen and oxygen atoms in total. The number of urea groups is 1. The maximum absolute atomic E-state index is 12.5. The number of amides is 2. The zero-order valence-electron chi connectivity index (χ0n) is 20.2. The number of nitrogens with one attached hydrogen (secondary N) is 2. The van der Waals surface area contributed by atoms with E-state index in [1.54, 1.807) is 33.5 Å². The first kappa shape index (κ1) is 26.3. The summed E-state index contributed by atoms with van der Waals surface area (Å²) >= 11 is 12.2. The number of anilines is 1. The Morgan fingerprint density at radius 3 is 2.21 bits per heavy atom. The molecule has 2 N–H and O–H groups in total. The Morgan fingerprint density at radius 2 is 1.65 bits per heavy atom. The fourth-order valence-electron chi connectivity index (χ4n) is 4.44. The molecule has 1 saturated heterocycles. The molecule has 0 saturated carbocycles. The minimum absolute atomic E-state index is 0.268. The molecule has 1 heterocycles. The van der Waals surface area contributed by atoms with Crippen molar-refractivity contribution in [3.05, 3.63) is 45.9 Å². The Labute approximate surface area is 211 Å². The van der Waals surface area contributed by atoms with Gasteiger partial charge in [-0.1, -0.05) is 29.3 Å². The second-order valence-corrected chi connectivity index (χ2v) is 9.80. The van der Waals surface area contributed by atoms with Gasteiger partial charge in [0.25, 0.3) is 0 Å². The highest BCUT2D eigenvalue weighted by Gasteiger charge is 2.30. The van der Waals surface area contributed by atoms with Crippen molar-refractivity contribution < 1.29 is 23.5 Å². The zero-order chi connectivity index (χ0) is 24.7. The summed E-state index contributed by atoms with van der Waals surface area (Å²) in [6.07, 6.45) is 3.31. The number of ether oxygens (including phenoxy) is 3. The van der Waals surface area contributed by atoms with Gasteiger partial charge in [0.2, 0.25) is 5.75 Å². The van der Waals surface area contributed by atoms with E-state index in [2.05, 4.69) is 23.7 Å². The van der Waals surface area contributed by atoms with Crippen LogP contribution in [-0.2, 0) is 6.42 Å². The van der Waals surface area contributed by atoms with Gasteiger partial charge in [0.05, 0.1) is 70.3 Å². The molecule has 2 aromatic carbocycles. The Morgan fingerprint density at radius 1 is 1.00 bits per heavy atom. The van der Waals surface area contributed by atoms with Crippen LogP contribution < -0.4 is 24.8 Å². The van der Waals surface area contributed by atoms with Gasteiger partial charge in [0.15, 0.2) is 11.5 Å². The summed E-state index contributed by atoms with van der Waals surface area (Å²) in [7, 11) is 6.88. The summed E-state index contributed by atoms with van der Waals surface area (Å²) in [4.78, 5) is 12.5. The number of likely N-dealkylation sites (tertiary alicyclic amines) is 1. The third kappa shape index (κ3) is 6.84. The number of carbonyl (C=O) groups excluding carboxylic acids is 1. The van der Waals surface area contributed by atoms with E-state index in [9.17, 15) is 4.79 Å². The number of methoxy groups -OCH3 is 3. The summed E-state index contributed by atoms with van der Waals surface area (Å²) in [5.41, 5.74) is 1.80. The van der Waals surface area contributed by atoms with Crippen molar-refractivity contribution in [3.63, 3.8) is 0 Å². The van der Waals surface area contributed by atoms with E-state index in [1.807, 2.05) is 12.1 Å². The minimum Gasteiger partial charge on any atom is -0.493 e. The van der Waals surface area contributed by atoms with E-state index in [4.69, 9.17) is 37.4 Å². The van der Waals surface area contributed by atoms with Crippen molar-refractivity contribution in [1.29, 1.82) is 0 Å². The Kier molecular flexibility index (Phi) is 9.17. The van der Waals surface area contributed by atoms with Crippen LogP contribution in [0, 0.1) is 5.92 Å². The van der Waals surface area contributed by atoms with E-state index >= 15 is 0 Å². The van der Waals surface area contributed by atoms with Crippen molar-refractivity contribution in [1.82, 2.24) is 5.32 Å². The normalized spacial score (nSPS) is 19.9. The summed E-state index contributed by atoms with van der Waals surface area (Å²) in [5.74, 6) is 2.09. The molecule has 1 aliphatic rings. The quantitative estimate of drug-likeness (QED) is 0.452. The van der Waals surface area contributed by atoms with E-state index in [1.165, 1.54) is 5.56 Å². The van der Waals surface area contributed by atoms with Crippen molar-refractivity contribution in [2.45, 2.75) is 19.3 Å². The number of benzene rings is 2. The monoisotopic (exact) mass is 510 g/mol. The number of hydrogen-bond acceptors (Lipinski definition) is 4. The van der Waals surface area contributed by atoms with E-state index in [0.717, 1.165) is 43.4 Å². The molecule has 1 fully saturated rings. The lowest BCUT2D eigenvalue weighted by molar-refractivity contribution is -0.914. The molecule has 3 rings (SSSR count). The van der Waals surface area contributed by atoms with Crippen LogP contribution >= 0.6 is 23.2 Å². The van der Waals surface area contributed by atoms with Gasteiger partial charge < -0.3 is 29.3 Å². The van der Waals surface area contributed by atoms with Crippen LogP contribution in [0.2, 0.25) is 10.0 Å². The topological polar surface area (TPSA) is 68.8 Å². The van der Waals surface area contributed by atoms with Gasteiger partial charge in [0, 0.05) is 12.1 Å². The molecule has 2 amide bonds. The largest absolute Gasteiger partial charge is 0.493 e. The Hall–Kier alpha value is -2.35. The number of rotatable bonds is 9. The predicted molar refractivity (Wildman–Crippen MR) is 137 cm³/mol. The SMILES string of the molecule is COc1cc(NC(=O)NCC[N+]2(C)CCC(Cc3ccc(Cl)c(Cl)c3)CC2)cc(OC)c1OC. The Balaban J connectivity index is 1.45. The smallest absolute Gasteiger partial charge is 0.319 e. The van der Waals surface area contributed by atoms with E-state index in [0.29, 0.717) is 45.4 Å². The minimum atomic E-state index is -0.268. The van der Waals surface area contributed by atoms with Crippen molar-refractivity contribution in [3.8, 4) is 17.2 Å². The average molecular weight is 511 g/mol. The van der Waals surface area contributed by atoms with Crippen LogP contribution in [0.15, 0.2) is 30.3 Å². The lowest BCUT2D eigenvalue weighted by Gasteiger charge is -2.40. The van der Waals surface area contributed by atoms with Crippen LogP contribution in [0.3, 0.4) is 0 Å². The molecule has 34 heavy (non-hydrogen) atoms. The molecular formula is C25H34Cl2N3O4+. The number of hydrogen-bond donors (Lipinski definition) is 2. The van der Waals surface area contributed by atoms with E-state index < -0.39 is 0 Å². The average Bonchev–Trinajstić information content (AvgIpc) is 2.82. The van der Waals surface area contributed by atoms with Gasteiger partial charge in [-0.05, 0) is 42.9 Å². The molecular weight excluding hydrogens is 477 g/mol. The van der Waals surface area contributed by atoms with Gasteiger partial charge in [-0.15, -0.1) is 0 Å². The second kappa shape index (κ2) is 11.9. The zero-order valence-corrected chi connectivity index (χ0v) is 21.8. The number of quaternary nitrogens is 1. The molecule has 0 spiro atoms. The molecule has 186 valence electrons. The predicted octanol–water partition coefficient (Wildman–Crippen LogP) is 5.24. The first-order valence-electron chi connectivity index (χ1n) is 11.4. The summed E-state index contributed by atoms with van der Waals surface area (Å²) < 4.78 is 16.9. The summed E-state index contributed by atoms with van der Waals surface area (Å²) in [6, 6.07) is 9.05. The number of piperidine rings is 1. The van der Waals surface area contributed by atoms with Gasteiger partial charge in [0.1, 0.15) is 0 Å². The maximum Gasteiger partial charge on any atom is 0.319 e. The van der Waals surface area contributed by atoms with E-state index in [-0.39, 0.29) is 6.03 Å². The van der Waals surface area contributed by atoms with Gasteiger partial charge >= 0.3 is 6.03 Å². The van der Waals surface area contributed by atoms with Crippen molar-refractivity contribution >= 4 is 34.9 Å². The van der Waals surface area contributed by atoms with Crippen LogP contribution in [0.4, 0.5) is 10.5 Å². The molecule has 0 radical (unpaired) electrons. The summed E-state index contributed by atoms with van der Waals surface area (Å²) in [6.45, 7) is 3.64. The fraction of sp³-hybridized carbons (Fsp3) is 0.480. The highest BCUT2D eigenvalue weighted by atomic mass is 35.5. The molecule has 0 atom stereocenters. The molecule has 0 aliphatic carbocycles. The molecule has 2 aromatic rings. The molecule has 0 bridgehead atoms. The number of likely N-dealkylation sites (N-methyl/N-ethyl adjacent to an activating group) is 1. The van der Waals surface area contributed by atoms with Crippen molar-refractivity contribution in [2.75, 3.05) is 59.9 Å². The number of halogens is 2. The molecule has 0 aromatic heterocycles. The molecule has 1 aliphatic heterocycles. The van der Waals surface area contributed by atoms with Crippen LogP contribution in [-0.4, -0.2) is 65.1 Å². The second-order valence-electron chi connectivity index (χ2n) is 8.98. The third-order valence-electron chi connectivity index (χ3n) is 6.52. The number of carbonyl (C=O) groups is 1. The lowest BCUT2D eigenvalue weighted by atomic mass is 9.89. The first-order valence-corrected chi connectivity index (χ1v) is 12.1. The lowest BCUT2D eigenvalue weighted by Crippen LogP contribution is -2.53.